The molecule has 0 atom stereocenters. The van der Waals surface area contributed by atoms with Crippen LogP contribution in [0.4, 0.5) is 5.95 Å². The van der Waals surface area contributed by atoms with E-state index < -0.39 is 11.4 Å². The van der Waals surface area contributed by atoms with Gasteiger partial charge in [-0.3, -0.25) is 4.79 Å². The van der Waals surface area contributed by atoms with Crippen molar-refractivity contribution < 1.29 is 9.90 Å². The number of carboxylic acid groups (broad SMARTS) is 1. The van der Waals surface area contributed by atoms with Crippen LogP contribution >= 0.6 is 0 Å². The molecule has 3 heterocycles. The van der Waals surface area contributed by atoms with Crippen molar-refractivity contribution in [2.45, 2.75) is 51.0 Å². The lowest BCUT2D eigenvalue weighted by Crippen LogP contribution is -2.27. The summed E-state index contributed by atoms with van der Waals surface area (Å²) in [6, 6.07) is 0.169. The topological polar surface area (TPSA) is 100 Å². The van der Waals surface area contributed by atoms with Crippen molar-refractivity contribution in [3.63, 3.8) is 0 Å². The number of fused-ring (bicyclic) bond motifs is 1. The minimum Gasteiger partial charge on any atom is -0.477 e. The molecule has 2 aromatic heterocycles. The first-order valence-electron chi connectivity index (χ1n) is 10.2. The van der Waals surface area contributed by atoms with Gasteiger partial charge in [0.2, 0.25) is 11.4 Å². The Kier molecular flexibility index (Phi) is 5.57. The Morgan fingerprint density at radius 3 is 2.64 bits per heavy atom. The van der Waals surface area contributed by atoms with Crippen molar-refractivity contribution in [2.24, 2.45) is 0 Å². The first-order chi connectivity index (χ1) is 13.6. The van der Waals surface area contributed by atoms with E-state index in [0.29, 0.717) is 11.6 Å². The van der Waals surface area contributed by atoms with Crippen LogP contribution in [-0.4, -0.2) is 56.7 Å². The van der Waals surface area contributed by atoms with Gasteiger partial charge in [-0.1, -0.05) is 19.3 Å². The lowest BCUT2D eigenvalue weighted by Gasteiger charge is -2.26. The lowest BCUT2D eigenvalue weighted by molar-refractivity contribution is 0.0694. The third-order valence-corrected chi connectivity index (χ3v) is 5.88. The zero-order valence-corrected chi connectivity index (χ0v) is 16.1. The van der Waals surface area contributed by atoms with Crippen LogP contribution < -0.4 is 10.7 Å². The number of hydrogen-bond acceptors (Lipinski definition) is 6. The number of pyridine rings is 1. The van der Waals surface area contributed by atoms with Crippen LogP contribution in [0.2, 0.25) is 0 Å². The Morgan fingerprint density at radius 1 is 1.18 bits per heavy atom. The molecule has 0 aromatic carbocycles. The van der Waals surface area contributed by atoms with E-state index in [0.717, 1.165) is 51.9 Å². The second-order valence-electron chi connectivity index (χ2n) is 7.78. The van der Waals surface area contributed by atoms with Crippen molar-refractivity contribution >= 4 is 23.0 Å². The van der Waals surface area contributed by atoms with Crippen LogP contribution in [0.15, 0.2) is 17.2 Å². The number of carboxylic acids is 1. The van der Waals surface area contributed by atoms with Gasteiger partial charge in [0, 0.05) is 31.5 Å². The molecule has 0 amide bonds. The first-order valence-corrected chi connectivity index (χ1v) is 10.2. The van der Waals surface area contributed by atoms with Crippen LogP contribution in [0.25, 0.3) is 11.0 Å². The van der Waals surface area contributed by atoms with Crippen molar-refractivity contribution in [2.75, 3.05) is 31.5 Å². The van der Waals surface area contributed by atoms with E-state index >= 15 is 0 Å². The molecule has 0 unspecified atom stereocenters. The maximum Gasteiger partial charge on any atom is 0.341 e. The molecular formula is C20H27N5O3. The van der Waals surface area contributed by atoms with Gasteiger partial charge in [-0.05, 0) is 38.8 Å². The number of carbonyl (C=O) groups is 1. The molecule has 1 saturated heterocycles. The predicted molar refractivity (Wildman–Crippen MR) is 107 cm³/mol. The molecule has 150 valence electrons. The summed E-state index contributed by atoms with van der Waals surface area (Å²) in [6.45, 7) is 3.96. The summed E-state index contributed by atoms with van der Waals surface area (Å²) >= 11 is 0. The van der Waals surface area contributed by atoms with Crippen LogP contribution in [0.5, 0.6) is 0 Å². The summed E-state index contributed by atoms with van der Waals surface area (Å²) in [5, 5.41) is 13.0. The molecule has 0 bridgehead atoms. The summed E-state index contributed by atoms with van der Waals surface area (Å²) in [5.41, 5.74) is -0.199. The maximum atomic E-state index is 12.6. The number of aromatic carboxylic acids is 1. The molecule has 8 nitrogen and oxygen atoms in total. The molecule has 2 aromatic rings. The van der Waals surface area contributed by atoms with Crippen molar-refractivity contribution in [3.8, 4) is 0 Å². The minimum atomic E-state index is -1.20. The quantitative estimate of drug-likeness (QED) is 0.788. The molecule has 1 aliphatic heterocycles. The van der Waals surface area contributed by atoms with Crippen LogP contribution in [0.1, 0.15) is 61.3 Å². The molecule has 2 N–H and O–H groups in total. The third-order valence-electron chi connectivity index (χ3n) is 5.88. The number of anilines is 1. The smallest absolute Gasteiger partial charge is 0.341 e. The Balaban J connectivity index is 1.65. The van der Waals surface area contributed by atoms with Gasteiger partial charge < -0.3 is 19.9 Å². The normalized spacial score (nSPS) is 18.6. The summed E-state index contributed by atoms with van der Waals surface area (Å²) in [5.74, 6) is -0.719. The lowest BCUT2D eigenvalue weighted by atomic mass is 9.95. The van der Waals surface area contributed by atoms with E-state index in [1.165, 1.54) is 31.7 Å². The monoisotopic (exact) mass is 385 g/mol. The zero-order valence-electron chi connectivity index (χ0n) is 16.1. The highest BCUT2D eigenvalue weighted by Gasteiger charge is 2.22. The Hall–Kier alpha value is -2.48. The van der Waals surface area contributed by atoms with E-state index in [1.54, 1.807) is 0 Å². The van der Waals surface area contributed by atoms with Gasteiger partial charge >= 0.3 is 5.97 Å². The van der Waals surface area contributed by atoms with E-state index in [2.05, 4.69) is 20.2 Å². The molecule has 2 fully saturated rings. The number of nitrogens with zero attached hydrogens (tertiary/aromatic N) is 4. The molecule has 1 aliphatic carbocycles. The Bertz CT molecular complexity index is 914. The third kappa shape index (κ3) is 3.87. The average Bonchev–Trinajstić information content (AvgIpc) is 3.22. The molecule has 1 saturated carbocycles. The number of nitrogens with one attached hydrogen (secondary N) is 1. The van der Waals surface area contributed by atoms with Gasteiger partial charge in [0.1, 0.15) is 11.2 Å². The second kappa shape index (κ2) is 8.26. The fraction of sp³-hybridized carbons (Fsp3) is 0.600. The summed E-state index contributed by atoms with van der Waals surface area (Å²) < 4.78 is 1.90. The highest BCUT2D eigenvalue weighted by molar-refractivity contribution is 5.91. The average molecular weight is 385 g/mol. The minimum absolute atomic E-state index is 0.169. The highest BCUT2D eigenvalue weighted by Crippen LogP contribution is 2.30. The van der Waals surface area contributed by atoms with Gasteiger partial charge in [-0.25, -0.2) is 9.78 Å². The molecule has 8 heteroatoms. The SMILES string of the molecule is O=C(O)c1cn(C2CCCCC2)c2nc(NCCN3CCCC3)ncc2c1=O. The van der Waals surface area contributed by atoms with Gasteiger partial charge in [-0.2, -0.15) is 4.98 Å². The number of rotatable bonds is 6. The summed E-state index contributed by atoms with van der Waals surface area (Å²) in [4.78, 5) is 35.5. The molecule has 0 spiro atoms. The second-order valence-corrected chi connectivity index (χ2v) is 7.78. The largest absolute Gasteiger partial charge is 0.477 e. The van der Waals surface area contributed by atoms with Gasteiger partial charge in [0.25, 0.3) is 0 Å². The summed E-state index contributed by atoms with van der Waals surface area (Å²) in [7, 11) is 0. The Labute approximate surface area is 163 Å². The van der Waals surface area contributed by atoms with Crippen LogP contribution in [-0.2, 0) is 0 Å². The molecule has 28 heavy (non-hydrogen) atoms. The van der Waals surface area contributed by atoms with E-state index in [1.807, 2.05) is 4.57 Å². The van der Waals surface area contributed by atoms with Gasteiger partial charge in [0.15, 0.2) is 0 Å². The molecule has 2 aliphatic rings. The van der Waals surface area contributed by atoms with Crippen molar-refractivity contribution in [1.82, 2.24) is 19.4 Å². The predicted octanol–water partition coefficient (Wildman–Crippen LogP) is 2.50. The molecule has 0 radical (unpaired) electrons. The van der Waals surface area contributed by atoms with Gasteiger partial charge in [0.05, 0.1) is 5.39 Å². The summed E-state index contributed by atoms with van der Waals surface area (Å²) in [6.07, 6.45) is 10.8. The van der Waals surface area contributed by atoms with Crippen LogP contribution in [0, 0.1) is 0 Å². The maximum absolute atomic E-state index is 12.6. The van der Waals surface area contributed by atoms with Crippen molar-refractivity contribution in [3.05, 3.63) is 28.2 Å². The first kappa shape index (κ1) is 18.9. The molecular weight excluding hydrogens is 358 g/mol. The fourth-order valence-electron chi connectivity index (χ4n) is 4.34. The number of aromatic nitrogens is 3. The van der Waals surface area contributed by atoms with E-state index in [4.69, 9.17) is 0 Å². The fourth-order valence-corrected chi connectivity index (χ4v) is 4.34. The van der Waals surface area contributed by atoms with Crippen molar-refractivity contribution in [1.29, 1.82) is 0 Å². The zero-order chi connectivity index (χ0) is 19.5. The number of likely N-dealkylation sites (tertiary alicyclic amines) is 1. The van der Waals surface area contributed by atoms with Crippen LogP contribution in [0.3, 0.4) is 0 Å². The number of hydrogen-bond donors (Lipinski definition) is 2. The van der Waals surface area contributed by atoms with E-state index in [9.17, 15) is 14.7 Å². The highest BCUT2D eigenvalue weighted by atomic mass is 16.4. The standard InChI is InChI=1S/C20H27N5O3/c26-17-15-12-22-20(21-8-11-24-9-4-5-10-24)23-18(15)25(13-16(17)19(27)28)14-6-2-1-3-7-14/h12-14H,1-11H2,(H,27,28)(H,21,22,23). The van der Waals surface area contributed by atoms with E-state index in [-0.39, 0.29) is 17.0 Å². The van der Waals surface area contributed by atoms with Gasteiger partial charge in [-0.15, -0.1) is 0 Å². The Morgan fingerprint density at radius 2 is 1.93 bits per heavy atom. The molecule has 4 rings (SSSR count).